The molecule has 4 rings (SSSR count). The number of carbonyl (C=O) groups excluding carboxylic acids is 2. The standard InChI is InChI=1S/C23H22N4O7/c1-12(32-2)18(22(29)30)24-21(28)19-20(27-34-26-19)25-23(31)33-11-17-15-9-5-3-7-13(15)14-8-4-6-10-16(14)17/h3-10,12,17-18H,11H2,1-2H3,(H,24,28)(H,29,30)(H,25,27,31). The number of hydrogen-bond acceptors (Lipinski definition) is 8. The van der Waals surface area contributed by atoms with E-state index in [0.717, 1.165) is 22.3 Å². The van der Waals surface area contributed by atoms with Crippen LogP contribution in [0.4, 0.5) is 10.6 Å². The lowest BCUT2D eigenvalue weighted by molar-refractivity contribution is -0.142. The topological polar surface area (TPSA) is 153 Å². The smallest absolute Gasteiger partial charge is 0.412 e. The molecule has 3 aromatic rings. The Balaban J connectivity index is 1.42. The van der Waals surface area contributed by atoms with Gasteiger partial charge in [-0.2, -0.15) is 0 Å². The van der Waals surface area contributed by atoms with Gasteiger partial charge in [0.05, 0.1) is 6.10 Å². The minimum absolute atomic E-state index is 0.0547. The third-order valence-corrected chi connectivity index (χ3v) is 5.66. The van der Waals surface area contributed by atoms with Crippen molar-refractivity contribution in [3.05, 3.63) is 65.4 Å². The largest absolute Gasteiger partial charge is 0.480 e. The second kappa shape index (κ2) is 9.71. The molecule has 1 aliphatic rings. The molecule has 0 radical (unpaired) electrons. The molecule has 2 aromatic carbocycles. The van der Waals surface area contributed by atoms with Crippen LogP contribution in [0.2, 0.25) is 0 Å². The fourth-order valence-electron chi connectivity index (χ4n) is 3.88. The molecule has 0 saturated carbocycles. The molecular formula is C23H22N4O7. The van der Waals surface area contributed by atoms with Crippen LogP contribution in [0.25, 0.3) is 11.1 Å². The van der Waals surface area contributed by atoms with E-state index in [9.17, 15) is 19.5 Å². The molecule has 0 spiro atoms. The third-order valence-electron chi connectivity index (χ3n) is 5.66. The number of fused-ring (bicyclic) bond motifs is 3. The third kappa shape index (κ3) is 4.46. The average Bonchev–Trinajstić information content (AvgIpc) is 3.43. The van der Waals surface area contributed by atoms with E-state index in [1.165, 1.54) is 14.0 Å². The van der Waals surface area contributed by atoms with Crippen LogP contribution in [-0.4, -0.2) is 59.3 Å². The summed E-state index contributed by atoms with van der Waals surface area (Å²) in [5.74, 6) is -2.66. The molecule has 34 heavy (non-hydrogen) atoms. The zero-order valence-corrected chi connectivity index (χ0v) is 18.3. The number of nitrogens with zero attached hydrogens (tertiary/aromatic N) is 2. The summed E-state index contributed by atoms with van der Waals surface area (Å²) in [6.07, 6.45) is -1.69. The first-order valence-electron chi connectivity index (χ1n) is 10.4. The molecule has 0 saturated heterocycles. The summed E-state index contributed by atoms with van der Waals surface area (Å²) in [5.41, 5.74) is 3.87. The first-order valence-corrected chi connectivity index (χ1v) is 10.4. The molecule has 2 amide bonds. The van der Waals surface area contributed by atoms with Crippen LogP contribution in [0, 0.1) is 0 Å². The van der Waals surface area contributed by atoms with Crippen molar-refractivity contribution in [2.75, 3.05) is 19.0 Å². The Morgan fingerprint density at radius 1 is 1.06 bits per heavy atom. The molecular weight excluding hydrogens is 444 g/mol. The number of aromatic nitrogens is 2. The second-order valence-electron chi connectivity index (χ2n) is 7.64. The SMILES string of the molecule is COC(C)C(NC(=O)c1nonc1NC(=O)OCC1c2ccccc2-c2ccccc21)C(=O)O. The highest BCUT2D eigenvalue weighted by molar-refractivity contribution is 6.01. The molecule has 3 N–H and O–H groups in total. The van der Waals surface area contributed by atoms with Crippen molar-refractivity contribution >= 4 is 23.8 Å². The minimum atomic E-state index is -1.35. The van der Waals surface area contributed by atoms with E-state index in [-0.39, 0.29) is 18.3 Å². The molecule has 176 valence electrons. The van der Waals surface area contributed by atoms with Crippen LogP contribution in [0.1, 0.15) is 34.5 Å². The number of benzene rings is 2. The van der Waals surface area contributed by atoms with E-state index in [0.29, 0.717) is 0 Å². The lowest BCUT2D eigenvalue weighted by atomic mass is 9.98. The molecule has 1 aromatic heterocycles. The number of carboxylic acids is 1. The van der Waals surface area contributed by atoms with Gasteiger partial charge in [-0.05, 0) is 39.5 Å². The fraction of sp³-hybridized carbons (Fsp3) is 0.261. The van der Waals surface area contributed by atoms with Gasteiger partial charge in [0.25, 0.3) is 5.91 Å². The monoisotopic (exact) mass is 466 g/mol. The number of hydrogen-bond donors (Lipinski definition) is 3. The number of carboxylic acid groups (broad SMARTS) is 1. The van der Waals surface area contributed by atoms with Gasteiger partial charge in [0.15, 0.2) is 6.04 Å². The number of rotatable bonds is 8. The molecule has 2 unspecified atom stereocenters. The van der Waals surface area contributed by atoms with Crippen molar-refractivity contribution in [2.45, 2.75) is 25.0 Å². The summed E-state index contributed by atoms with van der Waals surface area (Å²) in [4.78, 5) is 36.4. The summed E-state index contributed by atoms with van der Waals surface area (Å²) < 4.78 is 14.9. The van der Waals surface area contributed by atoms with Crippen molar-refractivity contribution in [1.82, 2.24) is 15.6 Å². The van der Waals surface area contributed by atoms with Gasteiger partial charge in [-0.1, -0.05) is 48.5 Å². The maximum absolute atomic E-state index is 12.5. The highest BCUT2D eigenvalue weighted by Gasteiger charge is 2.31. The van der Waals surface area contributed by atoms with Gasteiger partial charge in [0.1, 0.15) is 6.61 Å². The summed E-state index contributed by atoms with van der Waals surface area (Å²) in [5, 5.41) is 20.9. The molecule has 1 heterocycles. The maximum atomic E-state index is 12.5. The first kappa shape index (κ1) is 22.9. The first-order chi connectivity index (χ1) is 16.4. The van der Waals surface area contributed by atoms with Crippen molar-refractivity contribution in [3.63, 3.8) is 0 Å². The number of methoxy groups -OCH3 is 1. The zero-order chi connectivity index (χ0) is 24.2. The lowest BCUT2D eigenvalue weighted by Gasteiger charge is -2.19. The molecule has 0 fully saturated rings. The van der Waals surface area contributed by atoms with Crippen LogP contribution in [0.5, 0.6) is 0 Å². The number of nitrogens with one attached hydrogen (secondary N) is 2. The quantitative estimate of drug-likeness (QED) is 0.455. The van der Waals surface area contributed by atoms with Gasteiger partial charge in [-0.15, -0.1) is 0 Å². The summed E-state index contributed by atoms with van der Waals surface area (Å²) in [6, 6.07) is 14.4. The predicted molar refractivity (Wildman–Crippen MR) is 118 cm³/mol. The van der Waals surface area contributed by atoms with Gasteiger partial charge in [0.2, 0.25) is 11.5 Å². The minimum Gasteiger partial charge on any atom is -0.480 e. The number of ether oxygens (including phenoxy) is 2. The highest BCUT2D eigenvalue weighted by atomic mass is 16.6. The van der Waals surface area contributed by atoms with Crippen LogP contribution in [0.3, 0.4) is 0 Å². The predicted octanol–water partition coefficient (Wildman–Crippen LogP) is 2.65. The Morgan fingerprint density at radius 3 is 2.26 bits per heavy atom. The molecule has 0 bridgehead atoms. The Hall–Kier alpha value is -4.25. The van der Waals surface area contributed by atoms with E-state index >= 15 is 0 Å². The molecule has 11 nitrogen and oxygen atoms in total. The van der Waals surface area contributed by atoms with Gasteiger partial charge in [0, 0.05) is 13.0 Å². The van der Waals surface area contributed by atoms with E-state index in [1.54, 1.807) is 0 Å². The lowest BCUT2D eigenvalue weighted by Crippen LogP contribution is -2.48. The highest BCUT2D eigenvalue weighted by Crippen LogP contribution is 2.44. The van der Waals surface area contributed by atoms with Crippen molar-refractivity contribution in [2.24, 2.45) is 0 Å². The summed E-state index contributed by atoms with van der Waals surface area (Å²) in [6.45, 7) is 1.54. The second-order valence-corrected chi connectivity index (χ2v) is 7.64. The van der Waals surface area contributed by atoms with Gasteiger partial charge >= 0.3 is 12.1 Å². The Labute approximate surface area is 194 Å². The van der Waals surface area contributed by atoms with Crippen LogP contribution in [-0.2, 0) is 14.3 Å². The van der Waals surface area contributed by atoms with E-state index in [4.69, 9.17) is 9.47 Å². The average molecular weight is 466 g/mol. The normalized spacial score (nSPS) is 13.9. The van der Waals surface area contributed by atoms with E-state index in [2.05, 4.69) is 25.6 Å². The number of aliphatic carboxylic acids is 1. The molecule has 0 aliphatic heterocycles. The number of anilines is 1. The van der Waals surface area contributed by atoms with Crippen molar-refractivity contribution in [1.29, 1.82) is 0 Å². The van der Waals surface area contributed by atoms with Gasteiger partial charge in [-0.3, -0.25) is 10.1 Å². The Kier molecular flexibility index (Phi) is 6.55. The van der Waals surface area contributed by atoms with Crippen LogP contribution >= 0.6 is 0 Å². The van der Waals surface area contributed by atoms with Gasteiger partial charge in [-0.25, -0.2) is 14.2 Å². The van der Waals surface area contributed by atoms with E-state index < -0.39 is 35.8 Å². The zero-order valence-electron chi connectivity index (χ0n) is 18.3. The number of amides is 2. The van der Waals surface area contributed by atoms with Crippen LogP contribution in [0.15, 0.2) is 53.2 Å². The summed E-state index contributed by atoms with van der Waals surface area (Å²) >= 11 is 0. The van der Waals surface area contributed by atoms with Crippen molar-refractivity contribution in [3.8, 4) is 11.1 Å². The molecule has 11 heteroatoms. The fourth-order valence-corrected chi connectivity index (χ4v) is 3.88. The van der Waals surface area contributed by atoms with Gasteiger partial charge < -0.3 is 19.9 Å². The summed E-state index contributed by atoms with van der Waals surface area (Å²) in [7, 11) is 1.31. The molecule has 2 atom stereocenters. The maximum Gasteiger partial charge on any atom is 0.412 e. The molecule has 1 aliphatic carbocycles. The van der Waals surface area contributed by atoms with Crippen LogP contribution < -0.4 is 10.6 Å². The van der Waals surface area contributed by atoms with Crippen molar-refractivity contribution < 1.29 is 33.6 Å². The van der Waals surface area contributed by atoms with E-state index in [1.807, 2.05) is 48.5 Å². The Morgan fingerprint density at radius 2 is 1.68 bits per heavy atom. The number of carbonyl (C=O) groups is 3. The Bertz CT molecular complexity index is 1180.